The predicted octanol–water partition coefficient (Wildman–Crippen LogP) is 3.61. The number of rotatable bonds is 5. The average molecular weight is 322 g/mol. The molecule has 2 rings (SSSR count). The molecule has 22 heavy (non-hydrogen) atoms. The maximum Gasteiger partial charge on any atom is 0.338 e. The van der Waals surface area contributed by atoms with E-state index in [0.29, 0.717) is 5.02 Å². The lowest BCUT2D eigenvalue weighted by Crippen LogP contribution is -2.04. The summed E-state index contributed by atoms with van der Waals surface area (Å²) in [6.45, 7) is 0.148. The minimum atomic E-state index is -0.646. The molecule has 0 aliphatic heterocycles. The molecule has 0 unspecified atom stereocenters. The van der Waals surface area contributed by atoms with Crippen molar-refractivity contribution in [3.8, 4) is 5.75 Å². The molecule has 0 N–H and O–H groups in total. The fourth-order valence-corrected chi connectivity index (χ4v) is 1.89. The highest BCUT2D eigenvalue weighted by atomic mass is 35.5. The first-order valence-corrected chi connectivity index (χ1v) is 6.63. The molecular formula is C15H12ClNO5. The lowest BCUT2D eigenvalue weighted by Gasteiger charge is -2.08. The van der Waals surface area contributed by atoms with Gasteiger partial charge in [-0.25, -0.2) is 4.79 Å². The smallest absolute Gasteiger partial charge is 0.338 e. The molecule has 114 valence electrons. The largest absolute Gasteiger partial charge is 0.482 e. The van der Waals surface area contributed by atoms with Crippen molar-refractivity contribution in [1.82, 2.24) is 0 Å². The topological polar surface area (TPSA) is 78.7 Å². The molecule has 0 fully saturated rings. The minimum absolute atomic E-state index is 0.0765. The Labute approximate surface area is 131 Å². The standard InChI is InChI=1S/C15H12ClNO5/c1-21-15(18)11-4-7-14(13(8-11)17(19)20)22-9-10-2-5-12(16)6-3-10/h2-8H,9H2,1H3. The van der Waals surface area contributed by atoms with E-state index in [4.69, 9.17) is 16.3 Å². The monoisotopic (exact) mass is 321 g/mol. The van der Waals surface area contributed by atoms with Crippen LogP contribution in [0.2, 0.25) is 5.02 Å². The summed E-state index contributed by atoms with van der Waals surface area (Å²) in [5.41, 5.74) is 0.612. The van der Waals surface area contributed by atoms with Crippen molar-refractivity contribution in [3.63, 3.8) is 0 Å². The van der Waals surface area contributed by atoms with Crippen molar-refractivity contribution in [2.24, 2.45) is 0 Å². The molecular weight excluding hydrogens is 310 g/mol. The number of esters is 1. The summed E-state index contributed by atoms with van der Waals surface area (Å²) in [6.07, 6.45) is 0. The lowest BCUT2D eigenvalue weighted by molar-refractivity contribution is -0.386. The molecule has 0 aliphatic carbocycles. The normalized spacial score (nSPS) is 10.1. The molecule has 0 saturated heterocycles. The summed E-state index contributed by atoms with van der Waals surface area (Å²) < 4.78 is 9.99. The average Bonchev–Trinajstić information content (AvgIpc) is 2.53. The summed E-state index contributed by atoms with van der Waals surface area (Å²) in [7, 11) is 1.21. The third-order valence-corrected chi connectivity index (χ3v) is 3.14. The van der Waals surface area contributed by atoms with Crippen LogP contribution in [0.15, 0.2) is 42.5 Å². The van der Waals surface area contributed by atoms with Crippen LogP contribution >= 0.6 is 11.6 Å². The summed E-state index contributed by atoms with van der Waals surface area (Å²) in [5.74, 6) is -0.569. The van der Waals surface area contributed by atoms with Crippen molar-refractivity contribution < 1.29 is 19.2 Å². The summed E-state index contributed by atoms with van der Waals surface area (Å²) in [4.78, 5) is 21.9. The minimum Gasteiger partial charge on any atom is -0.482 e. The second-order valence-corrected chi connectivity index (χ2v) is 4.78. The maximum absolute atomic E-state index is 11.4. The number of nitro benzene ring substituents is 1. The van der Waals surface area contributed by atoms with Gasteiger partial charge >= 0.3 is 11.7 Å². The first-order valence-electron chi connectivity index (χ1n) is 6.25. The van der Waals surface area contributed by atoms with Gasteiger partial charge in [0.1, 0.15) is 6.61 Å². The van der Waals surface area contributed by atoms with Gasteiger partial charge in [0, 0.05) is 11.1 Å². The first kappa shape index (κ1) is 15.8. The molecule has 2 aromatic rings. The van der Waals surface area contributed by atoms with Crippen LogP contribution in [0.5, 0.6) is 5.75 Å². The van der Waals surface area contributed by atoms with Gasteiger partial charge < -0.3 is 9.47 Å². The van der Waals surface area contributed by atoms with Gasteiger partial charge in [0.05, 0.1) is 17.6 Å². The van der Waals surface area contributed by atoms with Crippen LogP contribution in [0.4, 0.5) is 5.69 Å². The van der Waals surface area contributed by atoms with Crippen LogP contribution in [-0.2, 0) is 11.3 Å². The number of methoxy groups -OCH3 is 1. The van der Waals surface area contributed by atoms with Gasteiger partial charge in [-0.3, -0.25) is 10.1 Å². The van der Waals surface area contributed by atoms with Gasteiger partial charge in [0.25, 0.3) is 0 Å². The fourth-order valence-electron chi connectivity index (χ4n) is 1.77. The number of carbonyl (C=O) groups excluding carboxylic acids is 1. The number of benzene rings is 2. The van der Waals surface area contributed by atoms with Crippen molar-refractivity contribution in [1.29, 1.82) is 0 Å². The van der Waals surface area contributed by atoms with Gasteiger partial charge in [-0.15, -0.1) is 0 Å². The second-order valence-electron chi connectivity index (χ2n) is 4.35. The summed E-state index contributed by atoms with van der Waals surface area (Å²) in [5, 5.41) is 11.7. The Morgan fingerprint density at radius 3 is 2.50 bits per heavy atom. The van der Waals surface area contributed by atoms with E-state index in [1.165, 1.54) is 19.2 Å². The Kier molecular flexibility index (Phi) is 4.95. The van der Waals surface area contributed by atoms with Crippen molar-refractivity contribution in [3.05, 3.63) is 68.7 Å². The van der Waals surface area contributed by atoms with Gasteiger partial charge in [-0.05, 0) is 29.8 Å². The third-order valence-electron chi connectivity index (χ3n) is 2.88. The van der Waals surface area contributed by atoms with Gasteiger partial charge in [-0.2, -0.15) is 0 Å². The van der Waals surface area contributed by atoms with Crippen molar-refractivity contribution in [2.45, 2.75) is 6.61 Å². The number of halogens is 1. The molecule has 6 nitrogen and oxygen atoms in total. The molecule has 0 radical (unpaired) electrons. The van der Waals surface area contributed by atoms with Crippen LogP contribution in [0.1, 0.15) is 15.9 Å². The molecule has 2 aromatic carbocycles. The SMILES string of the molecule is COC(=O)c1ccc(OCc2ccc(Cl)cc2)c([N+](=O)[O-])c1. The Hall–Kier alpha value is -2.60. The quantitative estimate of drug-likeness (QED) is 0.477. The number of ether oxygens (including phenoxy) is 2. The van der Waals surface area contributed by atoms with Crippen LogP contribution < -0.4 is 4.74 Å². The highest BCUT2D eigenvalue weighted by Crippen LogP contribution is 2.29. The van der Waals surface area contributed by atoms with E-state index in [1.807, 2.05) is 0 Å². The Balaban J connectivity index is 2.21. The van der Waals surface area contributed by atoms with E-state index in [2.05, 4.69) is 4.74 Å². The number of hydrogen-bond donors (Lipinski definition) is 0. The molecule has 0 bridgehead atoms. The van der Waals surface area contributed by atoms with E-state index in [1.54, 1.807) is 24.3 Å². The van der Waals surface area contributed by atoms with E-state index >= 15 is 0 Å². The third kappa shape index (κ3) is 3.73. The lowest BCUT2D eigenvalue weighted by atomic mass is 10.2. The zero-order chi connectivity index (χ0) is 16.1. The zero-order valence-corrected chi connectivity index (χ0v) is 12.4. The van der Waals surface area contributed by atoms with E-state index in [0.717, 1.165) is 11.6 Å². The molecule has 0 aromatic heterocycles. The maximum atomic E-state index is 11.4. The Morgan fingerprint density at radius 1 is 1.23 bits per heavy atom. The second kappa shape index (κ2) is 6.91. The summed E-state index contributed by atoms with van der Waals surface area (Å²) >= 11 is 5.78. The summed E-state index contributed by atoms with van der Waals surface area (Å²) in [6, 6.07) is 10.8. The fraction of sp³-hybridized carbons (Fsp3) is 0.133. The zero-order valence-electron chi connectivity index (χ0n) is 11.6. The van der Waals surface area contributed by atoms with Gasteiger partial charge in [0.15, 0.2) is 5.75 Å². The Morgan fingerprint density at radius 2 is 1.91 bits per heavy atom. The molecule has 0 saturated carbocycles. The van der Waals surface area contributed by atoms with Crippen LogP contribution in [-0.4, -0.2) is 18.0 Å². The van der Waals surface area contributed by atoms with E-state index in [9.17, 15) is 14.9 Å². The van der Waals surface area contributed by atoms with Crippen molar-refractivity contribution in [2.75, 3.05) is 7.11 Å². The molecule has 0 atom stereocenters. The van der Waals surface area contributed by atoms with Crippen LogP contribution in [0.25, 0.3) is 0 Å². The first-order chi connectivity index (χ1) is 10.5. The molecule has 0 amide bonds. The molecule has 0 aliphatic rings. The number of nitrogens with zero attached hydrogens (tertiary/aromatic N) is 1. The van der Waals surface area contributed by atoms with Gasteiger partial charge in [0.2, 0.25) is 0 Å². The molecule has 0 heterocycles. The number of hydrogen-bond acceptors (Lipinski definition) is 5. The Bertz CT molecular complexity index is 700. The van der Waals surface area contributed by atoms with E-state index < -0.39 is 10.9 Å². The van der Waals surface area contributed by atoms with E-state index in [-0.39, 0.29) is 23.6 Å². The predicted molar refractivity (Wildman–Crippen MR) is 80.2 cm³/mol. The van der Waals surface area contributed by atoms with Crippen molar-refractivity contribution >= 4 is 23.3 Å². The van der Waals surface area contributed by atoms with Crippen LogP contribution in [0.3, 0.4) is 0 Å². The van der Waals surface area contributed by atoms with Gasteiger partial charge in [-0.1, -0.05) is 23.7 Å². The molecule has 7 heteroatoms. The number of nitro groups is 1. The molecule has 0 spiro atoms. The highest BCUT2D eigenvalue weighted by Gasteiger charge is 2.19. The van der Waals surface area contributed by atoms with Crippen LogP contribution in [0, 0.1) is 10.1 Å². The highest BCUT2D eigenvalue weighted by molar-refractivity contribution is 6.30. The number of carbonyl (C=O) groups is 1.